The second-order valence-electron chi connectivity index (χ2n) is 2.78. The molecule has 0 N–H and O–H groups in total. The summed E-state index contributed by atoms with van der Waals surface area (Å²) < 4.78 is 1.10. The SMILES string of the molecule is [CH2]c1cccc2ccc(Br)cc12. The first-order valence-corrected chi connectivity index (χ1v) is 4.57. The van der Waals surface area contributed by atoms with Crippen molar-refractivity contribution in [1.82, 2.24) is 0 Å². The predicted molar refractivity (Wildman–Crippen MR) is 56.1 cm³/mol. The van der Waals surface area contributed by atoms with Gasteiger partial charge in [0.15, 0.2) is 0 Å². The quantitative estimate of drug-likeness (QED) is 0.633. The fourth-order valence-electron chi connectivity index (χ4n) is 1.31. The first-order chi connectivity index (χ1) is 5.77. The summed E-state index contributed by atoms with van der Waals surface area (Å²) in [4.78, 5) is 0. The number of benzene rings is 2. The molecule has 0 nitrogen and oxygen atoms in total. The fourth-order valence-corrected chi connectivity index (χ4v) is 1.67. The summed E-state index contributed by atoms with van der Waals surface area (Å²) >= 11 is 3.44. The second kappa shape index (κ2) is 2.91. The lowest BCUT2D eigenvalue weighted by Gasteiger charge is -2.01. The van der Waals surface area contributed by atoms with Crippen LogP contribution in [0, 0.1) is 6.92 Å². The molecule has 0 bridgehead atoms. The van der Waals surface area contributed by atoms with Gasteiger partial charge in [0.05, 0.1) is 0 Å². The third-order valence-electron chi connectivity index (χ3n) is 1.93. The zero-order valence-electron chi connectivity index (χ0n) is 6.55. The van der Waals surface area contributed by atoms with Crippen LogP contribution in [0.5, 0.6) is 0 Å². The van der Waals surface area contributed by atoms with E-state index in [-0.39, 0.29) is 0 Å². The Morgan fingerprint density at radius 2 is 1.92 bits per heavy atom. The van der Waals surface area contributed by atoms with Crippen LogP contribution in [0.3, 0.4) is 0 Å². The van der Waals surface area contributed by atoms with E-state index in [1.165, 1.54) is 10.8 Å². The van der Waals surface area contributed by atoms with Gasteiger partial charge in [0.2, 0.25) is 0 Å². The molecule has 12 heavy (non-hydrogen) atoms. The van der Waals surface area contributed by atoms with Gasteiger partial charge >= 0.3 is 0 Å². The minimum atomic E-state index is 1.08. The van der Waals surface area contributed by atoms with Gasteiger partial charge in [0.25, 0.3) is 0 Å². The van der Waals surface area contributed by atoms with E-state index in [2.05, 4.69) is 41.1 Å². The van der Waals surface area contributed by atoms with Crippen molar-refractivity contribution in [3.8, 4) is 0 Å². The summed E-state index contributed by atoms with van der Waals surface area (Å²) in [6.07, 6.45) is 0. The van der Waals surface area contributed by atoms with Gasteiger partial charge in [-0.2, -0.15) is 0 Å². The van der Waals surface area contributed by atoms with Crippen molar-refractivity contribution in [2.45, 2.75) is 0 Å². The summed E-state index contributed by atoms with van der Waals surface area (Å²) in [6.45, 7) is 3.97. The lowest BCUT2D eigenvalue weighted by Crippen LogP contribution is -1.76. The first-order valence-electron chi connectivity index (χ1n) is 3.77. The highest BCUT2D eigenvalue weighted by Gasteiger charge is 1.95. The Balaban J connectivity index is 2.88. The van der Waals surface area contributed by atoms with E-state index in [9.17, 15) is 0 Å². The molecule has 0 unspecified atom stereocenters. The number of fused-ring (bicyclic) bond motifs is 1. The van der Waals surface area contributed by atoms with Crippen molar-refractivity contribution in [3.63, 3.8) is 0 Å². The van der Waals surface area contributed by atoms with Crippen molar-refractivity contribution in [1.29, 1.82) is 0 Å². The molecule has 59 valence electrons. The number of rotatable bonds is 0. The fraction of sp³-hybridized carbons (Fsp3) is 0. The van der Waals surface area contributed by atoms with E-state index < -0.39 is 0 Å². The van der Waals surface area contributed by atoms with Gasteiger partial charge in [-0.3, -0.25) is 0 Å². The molecule has 0 heterocycles. The lowest BCUT2D eigenvalue weighted by atomic mass is 10.1. The molecular formula is C11H8Br. The van der Waals surface area contributed by atoms with E-state index in [0.717, 1.165) is 10.0 Å². The summed E-state index contributed by atoms with van der Waals surface area (Å²) in [5.41, 5.74) is 1.08. The molecule has 2 aromatic rings. The van der Waals surface area contributed by atoms with E-state index in [1.807, 2.05) is 18.2 Å². The molecule has 0 aliphatic carbocycles. The van der Waals surface area contributed by atoms with Crippen LogP contribution in [0.25, 0.3) is 10.8 Å². The molecule has 1 radical (unpaired) electrons. The van der Waals surface area contributed by atoms with Gasteiger partial charge < -0.3 is 0 Å². The van der Waals surface area contributed by atoms with Gasteiger partial charge in [-0.25, -0.2) is 0 Å². The van der Waals surface area contributed by atoms with Crippen LogP contribution >= 0.6 is 15.9 Å². The predicted octanol–water partition coefficient (Wildman–Crippen LogP) is 3.78. The Morgan fingerprint density at radius 1 is 1.08 bits per heavy atom. The van der Waals surface area contributed by atoms with Gasteiger partial charge in [0.1, 0.15) is 0 Å². The standard InChI is InChI=1S/C11H8Br/c1-8-3-2-4-9-5-6-10(12)7-11(8)9/h2-7H,1H2. The van der Waals surface area contributed by atoms with Crippen molar-refractivity contribution in [3.05, 3.63) is 53.4 Å². The summed E-state index contributed by atoms with van der Waals surface area (Å²) in [5.74, 6) is 0. The number of hydrogen-bond donors (Lipinski definition) is 0. The largest absolute Gasteiger partial charge is 0.0614 e. The zero-order valence-corrected chi connectivity index (χ0v) is 8.14. The highest BCUT2D eigenvalue weighted by molar-refractivity contribution is 9.10. The van der Waals surface area contributed by atoms with Crippen molar-refractivity contribution < 1.29 is 0 Å². The summed E-state index contributed by atoms with van der Waals surface area (Å²) in [5, 5.41) is 2.46. The number of hydrogen-bond acceptors (Lipinski definition) is 0. The summed E-state index contributed by atoms with van der Waals surface area (Å²) in [7, 11) is 0. The third kappa shape index (κ3) is 1.25. The molecule has 0 spiro atoms. The van der Waals surface area contributed by atoms with Gasteiger partial charge in [0, 0.05) is 4.47 Å². The van der Waals surface area contributed by atoms with Crippen LogP contribution < -0.4 is 0 Å². The first kappa shape index (κ1) is 7.81. The van der Waals surface area contributed by atoms with Crippen LogP contribution in [-0.2, 0) is 0 Å². The minimum absolute atomic E-state index is 1.08. The Morgan fingerprint density at radius 3 is 2.75 bits per heavy atom. The van der Waals surface area contributed by atoms with Crippen molar-refractivity contribution >= 4 is 26.7 Å². The van der Waals surface area contributed by atoms with Gasteiger partial charge in [-0.05, 0) is 35.4 Å². The summed E-state index contributed by atoms with van der Waals surface area (Å²) in [6, 6.07) is 12.4. The molecule has 0 saturated heterocycles. The Kier molecular flexibility index (Phi) is 1.89. The average molecular weight is 220 g/mol. The zero-order chi connectivity index (χ0) is 8.55. The molecule has 0 aromatic heterocycles. The van der Waals surface area contributed by atoms with Crippen LogP contribution in [-0.4, -0.2) is 0 Å². The van der Waals surface area contributed by atoms with E-state index in [0.29, 0.717) is 0 Å². The maximum atomic E-state index is 3.97. The molecule has 0 fully saturated rings. The van der Waals surface area contributed by atoms with Gasteiger partial charge in [-0.1, -0.05) is 40.2 Å². The molecular weight excluding hydrogens is 212 g/mol. The normalized spacial score (nSPS) is 10.5. The molecule has 0 aliphatic heterocycles. The number of halogens is 1. The Labute approximate surface area is 80.3 Å². The highest BCUT2D eigenvalue weighted by Crippen LogP contribution is 2.22. The molecule has 1 heteroatoms. The second-order valence-corrected chi connectivity index (χ2v) is 3.70. The molecule has 0 saturated carbocycles. The van der Waals surface area contributed by atoms with Crippen LogP contribution in [0.1, 0.15) is 5.56 Å². The van der Waals surface area contributed by atoms with E-state index >= 15 is 0 Å². The van der Waals surface area contributed by atoms with Crippen molar-refractivity contribution in [2.75, 3.05) is 0 Å². The van der Waals surface area contributed by atoms with E-state index in [1.54, 1.807) is 0 Å². The maximum Gasteiger partial charge on any atom is 0.0181 e. The average Bonchev–Trinajstić information content (AvgIpc) is 2.07. The molecule has 2 rings (SSSR count). The smallest absolute Gasteiger partial charge is 0.0181 e. The Hall–Kier alpha value is -0.820. The highest BCUT2D eigenvalue weighted by atomic mass is 79.9. The van der Waals surface area contributed by atoms with E-state index in [4.69, 9.17) is 0 Å². The van der Waals surface area contributed by atoms with Gasteiger partial charge in [-0.15, -0.1) is 0 Å². The monoisotopic (exact) mass is 219 g/mol. The molecule has 0 aliphatic rings. The molecule has 2 aromatic carbocycles. The minimum Gasteiger partial charge on any atom is -0.0614 e. The Bertz CT molecular complexity index is 418. The van der Waals surface area contributed by atoms with Crippen LogP contribution in [0.4, 0.5) is 0 Å². The van der Waals surface area contributed by atoms with Crippen molar-refractivity contribution in [2.24, 2.45) is 0 Å². The molecule has 0 atom stereocenters. The topological polar surface area (TPSA) is 0 Å². The maximum absolute atomic E-state index is 3.97. The third-order valence-corrected chi connectivity index (χ3v) is 2.43. The van der Waals surface area contributed by atoms with Crippen LogP contribution in [0.2, 0.25) is 0 Å². The lowest BCUT2D eigenvalue weighted by molar-refractivity contribution is 1.65. The molecule has 0 amide bonds. The van der Waals surface area contributed by atoms with Crippen LogP contribution in [0.15, 0.2) is 40.9 Å².